The summed E-state index contributed by atoms with van der Waals surface area (Å²) in [5, 5.41) is 21.6. The van der Waals surface area contributed by atoms with Crippen LogP contribution in [0, 0.1) is 5.92 Å². The zero-order valence-electron chi connectivity index (χ0n) is 25.9. The normalized spacial score (nSPS) is 17.9. The smallest absolute Gasteiger partial charge is 0.339 e. The largest absolute Gasteiger partial charge is 0.507 e. The van der Waals surface area contributed by atoms with Gasteiger partial charge in [0.25, 0.3) is 0 Å². The highest BCUT2D eigenvalue weighted by Crippen LogP contribution is 2.48. The number of benzene rings is 1. The Labute approximate surface area is 241 Å². The molecule has 0 spiro atoms. The number of allylic oxidation sites excluding steroid dienone is 3. The summed E-state index contributed by atoms with van der Waals surface area (Å²) >= 11 is 0. The molecular formula is C33H53NO6. The van der Waals surface area contributed by atoms with Gasteiger partial charge in [-0.3, -0.25) is 0 Å². The van der Waals surface area contributed by atoms with Crippen molar-refractivity contribution in [2.75, 3.05) is 26.4 Å². The van der Waals surface area contributed by atoms with E-state index < -0.39 is 11.6 Å². The van der Waals surface area contributed by atoms with Gasteiger partial charge in [-0.2, -0.15) is 0 Å². The molecule has 0 bridgehead atoms. The number of ether oxygens (including phenoxy) is 3. The topological polar surface area (TPSA) is 111 Å². The molecule has 1 aromatic rings. The van der Waals surface area contributed by atoms with Gasteiger partial charge in [-0.15, -0.1) is 0 Å². The predicted molar refractivity (Wildman–Crippen MR) is 162 cm³/mol. The minimum Gasteiger partial charge on any atom is -0.507 e. The Hall–Kier alpha value is -2.35. The minimum atomic E-state index is -1.12. The quantitative estimate of drug-likeness (QED) is 0.137. The number of hydrogen-bond donors (Lipinski definition) is 3. The highest BCUT2D eigenvalue weighted by atomic mass is 16.6. The third kappa shape index (κ3) is 9.64. The number of carboxylic acids is 1. The predicted octanol–water partition coefficient (Wildman–Crippen LogP) is 7.16. The van der Waals surface area contributed by atoms with Crippen molar-refractivity contribution in [3.8, 4) is 11.5 Å². The van der Waals surface area contributed by atoms with Crippen LogP contribution in [0.15, 0.2) is 29.9 Å². The van der Waals surface area contributed by atoms with Gasteiger partial charge in [0.1, 0.15) is 23.7 Å². The molecule has 2 atom stereocenters. The standard InChI is InChI=1S/C33H53NO6/c1-9-10-11-12-24-20-27(38-17-18-39-33(7,8)21-40-32(5,6)15-16-34)29(30(35)28(24)31(36)37)26-19-23(4)13-14-25(26)22(2)3/h19-20,25-26,35H,2,9-18,21,34H2,1,3-8H3,(H,36,37). The van der Waals surface area contributed by atoms with Gasteiger partial charge >= 0.3 is 5.97 Å². The first-order chi connectivity index (χ1) is 18.7. The minimum absolute atomic E-state index is 0.0230. The number of aromatic carboxylic acids is 1. The van der Waals surface area contributed by atoms with Gasteiger partial charge in [-0.05, 0) is 97.7 Å². The number of rotatable bonds is 17. The molecule has 1 aromatic carbocycles. The van der Waals surface area contributed by atoms with E-state index in [0.29, 0.717) is 43.1 Å². The van der Waals surface area contributed by atoms with Crippen molar-refractivity contribution >= 4 is 5.97 Å². The van der Waals surface area contributed by atoms with Crippen LogP contribution in [-0.4, -0.2) is 53.7 Å². The number of carboxylic acid groups (broad SMARTS) is 1. The van der Waals surface area contributed by atoms with Crippen LogP contribution in [-0.2, 0) is 15.9 Å². The second kappa shape index (κ2) is 15.0. The molecule has 2 rings (SSSR count). The lowest BCUT2D eigenvalue weighted by Gasteiger charge is -2.33. The fourth-order valence-electron chi connectivity index (χ4n) is 5.36. The summed E-state index contributed by atoms with van der Waals surface area (Å²) in [4.78, 5) is 12.4. The fraction of sp³-hybridized carbons (Fsp3) is 0.667. The molecule has 1 aliphatic rings. The van der Waals surface area contributed by atoms with E-state index in [9.17, 15) is 15.0 Å². The van der Waals surface area contributed by atoms with Gasteiger partial charge in [-0.25, -0.2) is 4.79 Å². The molecule has 0 saturated carbocycles. The number of aromatic hydroxyl groups is 1. The molecular weight excluding hydrogens is 506 g/mol. The highest BCUT2D eigenvalue weighted by Gasteiger charge is 2.34. The van der Waals surface area contributed by atoms with Crippen molar-refractivity contribution in [1.82, 2.24) is 0 Å². The third-order valence-corrected chi connectivity index (χ3v) is 7.75. The third-order valence-electron chi connectivity index (χ3n) is 7.75. The fourth-order valence-corrected chi connectivity index (χ4v) is 5.36. The molecule has 2 unspecified atom stereocenters. The van der Waals surface area contributed by atoms with Gasteiger partial charge in [-0.1, -0.05) is 43.6 Å². The summed E-state index contributed by atoms with van der Waals surface area (Å²) < 4.78 is 18.5. The monoisotopic (exact) mass is 559 g/mol. The van der Waals surface area contributed by atoms with Crippen LogP contribution >= 0.6 is 0 Å². The Morgan fingerprint density at radius 1 is 1.15 bits per heavy atom. The second-order valence-electron chi connectivity index (χ2n) is 12.5. The van der Waals surface area contributed by atoms with Crippen LogP contribution in [0.3, 0.4) is 0 Å². The summed E-state index contributed by atoms with van der Waals surface area (Å²) in [6.45, 7) is 19.9. The first-order valence-corrected chi connectivity index (χ1v) is 14.8. The first kappa shape index (κ1) is 33.9. The molecule has 0 saturated heterocycles. The zero-order chi connectivity index (χ0) is 30.1. The Morgan fingerprint density at radius 2 is 1.85 bits per heavy atom. The molecule has 226 valence electrons. The van der Waals surface area contributed by atoms with E-state index in [1.165, 1.54) is 5.57 Å². The van der Waals surface area contributed by atoms with E-state index in [2.05, 4.69) is 26.5 Å². The maximum absolute atomic E-state index is 12.4. The maximum atomic E-state index is 12.4. The summed E-state index contributed by atoms with van der Waals surface area (Å²) in [6, 6.07) is 1.82. The molecule has 40 heavy (non-hydrogen) atoms. The molecule has 0 aromatic heterocycles. The van der Waals surface area contributed by atoms with Gasteiger partial charge in [0.15, 0.2) is 0 Å². The second-order valence-corrected chi connectivity index (χ2v) is 12.5. The number of nitrogens with two attached hydrogens (primary N) is 1. The lowest BCUT2D eigenvalue weighted by molar-refractivity contribution is -0.124. The summed E-state index contributed by atoms with van der Waals surface area (Å²) in [6.07, 6.45) is 8.11. The summed E-state index contributed by atoms with van der Waals surface area (Å²) in [7, 11) is 0. The molecule has 0 fully saturated rings. The Morgan fingerprint density at radius 3 is 2.45 bits per heavy atom. The summed E-state index contributed by atoms with van der Waals surface area (Å²) in [5.41, 5.74) is 8.14. The number of hydrogen-bond acceptors (Lipinski definition) is 6. The number of aryl methyl sites for hydroxylation is 1. The zero-order valence-corrected chi connectivity index (χ0v) is 25.9. The van der Waals surface area contributed by atoms with E-state index in [-0.39, 0.29) is 35.4 Å². The highest BCUT2D eigenvalue weighted by molar-refractivity contribution is 5.94. The Bertz CT molecular complexity index is 1040. The van der Waals surface area contributed by atoms with Gasteiger partial charge in [0, 0.05) is 11.5 Å². The average molecular weight is 560 g/mol. The molecule has 4 N–H and O–H groups in total. The molecule has 0 radical (unpaired) electrons. The first-order valence-electron chi connectivity index (χ1n) is 14.8. The van der Waals surface area contributed by atoms with Crippen molar-refractivity contribution in [3.63, 3.8) is 0 Å². The number of unbranched alkanes of at least 4 members (excludes halogenated alkanes) is 2. The van der Waals surface area contributed by atoms with Crippen LogP contribution in [0.5, 0.6) is 11.5 Å². The van der Waals surface area contributed by atoms with Crippen molar-refractivity contribution in [2.24, 2.45) is 11.7 Å². The molecule has 7 heteroatoms. The summed E-state index contributed by atoms with van der Waals surface area (Å²) in [5.74, 6) is -0.954. The SMILES string of the molecule is C=C(C)C1CCC(C)=CC1c1c(OCCOC(C)(C)COC(C)(C)CCN)cc(CCCCC)c(C(=O)O)c1O. The molecule has 7 nitrogen and oxygen atoms in total. The van der Waals surface area contributed by atoms with Crippen molar-refractivity contribution in [2.45, 2.75) is 111 Å². The van der Waals surface area contributed by atoms with Crippen LogP contribution in [0.1, 0.15) is 114 Å². The van der Waals surface area contributed by atoms with E-state index >= 15 is 0 Å². The van der Waals surface area contributed by atoms with Crippen molar-refractivity contribution in [1.29, 1.82) is 0 Å². The van der Waals surface area contributed by atoms with Crippen LogP contribution < -0.4 is 10.5 Å². The van der Waals surface area contributed by atoms with Crippen molar-refractivity contribution in [3.05, 3.63) is 46.6 Å². The van der Waals surface area contributed by atoms with Gasteiger partial charge in [0.2, 0.25) is 0 Å². The number of carbonyl (C=O) groups is 1. The van der Waals surface area contributed by atoms with Crippen LogP contribution in [0.2, 0.25) is 0 Å². The van der Waals surface area contributed by atoms with E-state index in [1.54, 1.807) is 0 Å². The van der Waals surface area contributed by atoms with Crippen molar-refractivity contribution < 1.29 is 29.2 Å². The Kier molecular flexibility index (Phi) is 12.7. The molecule has 0 heterocycles. The Balaban J connectivity index is 2.37. The number of phenols is 1. The van der Waals surface area contributed by atoms with Gasteiger partial charge in [0.05, 0.1) is 24.4 Å². The van der Waals surface area contributed by atoms with E-state index in [0.717, 1.165) is 44.1 Å². The maximum Gasteiger partial charge on any atom is 0.339 e. The molecule has 0 amide bonds. The van der Waals surface area contributed by atoms with Crippen LogP contribution in [0.4, 0.5) is 0 Å². The van der Waals surface area contributed by atoms with E-state index in [4.69, 9.17) is 19.9 Å². The van der Waals surface area contributed by atoms with Gasteiger partial charge < -0.3 is 30.2 Å². The van der Waals surface area contributed by atoms with E-state index in [1.807, 2.05) is 40.7 Å². The molecule has 0 aliphatic heterocycles. The lowest BCUT2D eigenvalue weighted by atomic mass is 9.73. The molecule has 1 aliphatic carbocycles. The lowest BCUT2D eigenvalue weighted by Crippen LogP contribution is -2.38. The van der Waals surface area contributed by atoms with Crippen LogP contribution in [0.25, 0.3) is 0 Å². The average Bonchev–Trinajstić information content (AvgIpc) is 2.85.